The van der Waals surface area contributed by atoms with Crippen LogP contribution in [0, 0.1) is 0 Å². The minimum atomic E-state index is 0.472. The first-order chi connectivity index (χ1) is 8.61. The van der Waals surface area contributed by atoms with Crippen molar-refractivity contribution in [3.05, 3.63) is 21.8 Å². The second-order valence-electron chi connectivity index (χ2n) is 4.66. The highest BCUT2D eigenvalue weighted by Crippen LogP contribution is 2.20. The summed E-state index contributed by atoms with van der Waals surface area (Å²) >= 11 is 1.70. The van der Waals surface area contributed by atoms with Gasteiger partial charge in [-0.3, -0.25) is 0 Å². The molecule has 2 N–H and O–H groups in total. The molecule has 0 unspecified atom stereocenters. The van der Waals surface area contributed by atoms with E-state index in [2.05, 4.69) is 41.4 Å². The molecule has 5 nitrogen and oxygen atoms in total. The summed E-state index contributed by atoms with van der Waals surface area (Å²) in [7, 11) is 0. The Morgan fingerprint density at radius 1 is 1.44 bits per heavy atom. The third-order valence-electron chi connectivity index (χ3n) is 2.73. The van der Waals surface area contributed by atoms with E-state index < -0.39 is 0 Å². The molecule has 0 amide bonds. The Morgan fingerprint density at radius 2 is 2.22 bits per heavy atom. The summed E-state index contributed by atoms with van der Waals surface area (Å²) in [6.07, 6.45) is 1.94. The van der Waals surface area contributed by atoms with Gasteiger partial charge in [-0.1, -0.05) is 32.4 Å². The van der Waals surface area contributed by atoms with Crippen LogP contribution < -0.4 is 5.73 Å². The average molecular weight is 265 g/mol. The highest BCUT2D eigenvalue weighted by atomic mass is 32.1. The van der Waals surface area contributed by atoms with Crippen molar-refractivity contribution in [3.63, 3.8) is 0 Å². The number of nitrogens with two attached hydrogens (primary N) is 1. The van der Waals surface area contributed by atoms with Gasteiger partial charge >= 0.3 is 0 Å². The summed E-state index contributed by atoms with van der Waals surface area (Å²) < 4.78 is 1.86. The lowest BCUT2D eigenvalue weighted by molar-refractivity contribution is 0.604. The standard InChI is InChI=1S/C12H19N5S/c1-4-5-10-11(13)15-16-17(10)6-9-7-18-12(14-9)8(2)3/h7-8H,4-6,13H2,1-3H3. The topological polar surface area (TPSA) is 69.6 Å². The number of hydrogen-bond donors (Lipinski definition) is 1. The molecule has 18 heavy (non-hydrogen) atoms. The third kappa shape index (κ3) is 2.69. The maximum absolute atomic E-state index is 5.82. The molecule has 0 fully saturated rings. The summed E-state index contributed by atoms with van der Waals surface area (Å²) in [6.45, 7) is 7.08. The Balaban J connectivity index is 2.17. The van der Waals surface area contributed by atoms with Crippen LogP contribution in [0.15, 0.2) is 5.38 Å². The second-order valence-corrected chi connectivity index (χ2v) is 5.55. The Labute approximate surface area is 111 Å². The normalized spacial score (nSPS) is 11.3. The zero-order valence-corrected chi connectivity index (χ0v) is 11.9. The van der Waals surface area contributed by atoms with E-state index >= 15 is 0 Å². The third-order valence-corrected chi connectivity index (χ3v) is 3.92. The van der Waals surface area contributed by atoms with E-state index in [1.165, 1.54) is 0 Å². The summed E-state index contributed by atoms with van der Waals surface area (Å²) in [6, 6.07) is 0. The largest absolute Gasteiger partial charge is 0.381 e. The monoisotopic (exact) mass is 265 g/mol. The lowest BCUT2D eigenvalue weighted by Crippen LogP contribution is -2.08. The van der Waals surface area contributed by atoms with Gasteiger partial charge in [-0.2, -0.15) is 0 Å². The number of nitrogens with zero attached hydrogens (tertiary/aromatic N) is 4. The average Bonchev–Trinajstić information content (AvgIpc) is 2.91. The summed E-state index contributed by atoms with van der Waals surface area (Å²) in [4.78, 5) is 4.60. The van der Waals surface area contributed by atoms with Crippen molar-refractivity contribution in [1.29, 1.82) is 0 Å². The number of nitrogen functional groups attached to an aromatic ring is 1. The van der Waals surface area contributed by atoms with Crippen LogP contribution in [0.4, 0.5) is 5.82 Å². The van der Waals surface area contributed by atoms with Gasteiger partial charge in [0.2, 0.25) is 0 Å². The first kappa shape index (κ1) is 13.0. The molecule has 98 valence electrons. The highest BCUT2D eigenvalue weighted by Gasteiger charge is 2.12. The molecule has 2 rings (SSSR count). The van der Waals surface area contributed by atoms with Crippen LogP contribution >= 0.6 is 11.3 Å². The minimum absolute atomic E-state index is 0.472. The van der Waals surface area contributed by atoms with Gasteiger partial charge in [-0.05, 0) is 6.42 Å². The smallest absolute Gasteiger partial charge is 0.169 e. The first-order valence-corrected chi connectivity index (χ1v) is 7.12. The van der Waals surface area contributed by atoms with E-state index in [4.69, 9.17) is 5.73 Å². The van der Waals surface area contributed by atoms with Crippen molar-refractivity contribution in [2.45, 2.75) is 46.1 Å². The van der Waals surface area contributed by atoms with Gasteiger partial charge in [0, 0.05) is 11.3 Å². The molecule has 0 aliphatic heterocycles. The molecule has 2 heterocycles. The fraction of sp³-hybridized carbons (Fsp3) is 0.583. The van der Waals surface area contributed by atoms with Gasteiger partial charge in [0.05, 0.1) is 22.9 Å². The van der Waals surface area contributed by atoms with E-state index in [9.17, 15) is 0 Å². The molecule has 0 bridgehead atoms. The zero-order valence-electron chi connectivity index (χ0n) is 11.1. The van der Waals surface area contributed by atoms with Crippen LogP contribution in [0.25, 0.3) is 0 Å². The molecule has 2 aromatic rings. The number of anilines is 1. The van der Waals surface area contributed by atoms with E-state index in [0.717, 1.165) is 29.2 Å². The molecule has 0 atom stereocenters. The Hall–Kier alpha value is -1.43. The molecule has 0 saturated carbocycles. The molecule has 0 aromatic carbocycles. The van der Waals surface area contributed by atoms with Gasteiger partial charge in [-0.25, -0.2) is 9.67 Å². The van der Waals surface area contributed by atoms with Crippen molar-refractivity contribution in [3.8, 4) is 0 Å². The first-order valence-electron chi connectivity index (χ1n) is 6.24. The van der Waals surface area contributed by atoms with Gasteiger partial charge in [-0.15, -0.1) is 16.4 Å². The lowest BCUT2D eigenvalue weighted by atomic mass is 10.2. The van der Waals surface area contributed by atoms with Gasteiger partial charge in [0.25, 0.3) is 0 Å². The van der Waals surface area contributed by atoms with Crippen molar-refractivity contribution in [1.82, 2.24) is 20.0 Å². The van der Waals surface area contributed by atoms with Gasteiger partial charge < -0.3 is 5.73 Å². The molecule has 0 saturated heterocycles. The molecule has 0 spiro atoms. The van der Waals surface area contributed by atoms with Crippen molar-refractivity contribution in [2.75, 3.05) is 5.73 Å². The Kier molecular flexibility index (Phi) is 3.96. The predicted octanol–water partition coefficient (Wildman–Crippen LogP) is 2.44. The maximum atomic E-state index is 5.82. The molecule has 0 radical (unpaired) electrons. The van der Waals surface area contributed by atoms with Crippen LogP contribution in [0.1, 0.15) is 49.5 Å². The van der Waals surface area contributed by atoms with Crippen LogP contribution in [-0.4, -0.2) is 20.0 Å². The van der Waals surface area contributed by atoms with Crippen molar-refractivity contribution in [2.24, 2.45) is 0 Å². The number of hydrogen-bond acceptors (Lipinski definition) is 5. The molecular weight excluding hydrogens is 246 g/mol. The summed E-state index contributed by atoms with van der Waals surface area (Å²) in [5, 5.41) is 11.3. The molecule has 0 aliphatic rings. The maximum Gasteiger partial charge on any atom is 0.169 e. The summed E-state index contributed by atoms with van der Waals surface area (Å²) in [5.41, 5.74) is 7.87. The lowest BCUT2D eigenvalue weighted by Gasteiger charge is -2.03. The quantitative estimate of drug-likeness (QED) is 0.901. The van der Waals surface area contributed by atoms with E-state index in [0.29, 0.717) is 18.3 Å². The zero-order chi connectivity index (χ0) is 13.1. The predicted molar refractivity (Wildman–Crippen MR) is 73.7 cm³/mol. The Bertz CT molecular complexity index is 514. The minimum Gasteiger partial charge on any atom is -0.381 e. The summed E-state index contributed by atoms with van der Waals surface area (Å²) in [5.74, 6) is 1.01. The molecule has 2 aromatic heterocycles. The van der Waals surface area contributed by atoms with E-state index in [-0.39, 0.29) is 0 Å². The van der Waals surface area contributed by atoms with E-state index in [1.54, 1.807) is 11.3 Å². The number of aromatic nitrogens is 4. The fourth-order valence-electron chi connectivity index (χ4n) is 1.78. The van der Waals surface area contributed by atoms with Gasteiger partial charge in [0.1, 0.15) is 0 Å². The SMILES string of the molecule is CCCc1c(N)nnn1Cc1csc(C(C)C)n1. The van der Waals surface area contributed by atoms with Crippen LogP contribution in [0.5, 0.6) is 0 Å². The number of rotatable bonds is 5. The molecule has 6 heteroatoms. The van der Waals surface area contributed by atoms with E-state index in [1.807, 2.05) is 4.68 Å². The Morgan fingerprint density at radius 3 is 2.83 bits per heavy atom. The van der Waals surface area contributed by atoms with Crippen molar-refractivity contribution < 1.29 is 0 Å². The van der Waals surface area contributed by atoms with Crippen LogP contribution in [0.3, 0.4) is 0 Å². The fourth-order valence-corrected chi connectivity index (χ4v) is 2.61. The molecular formula is C12H19N5S. The molecule has 0 aliphatic carbocycles. The number of thiazole rings is 1. The van der Waals surface area contributed by atoms with Crippen LogP contribution in [0.2, 0.25) is 0 Å². The van der Waals surface area contributed by atoms with Crippen LogP contribution in [-0.2, 0) is 13.0 Å². The van der Waals surface area contributed by atoms with Gasteiger partial charge in [0.15, 0.2) is 5.82 Å². The van der Waals surface area contributed by atoms with Crippen molar-refractivity contribution >= 4 is 17.2 Å². The second kappa shape index (κ2) is 5.48. The highest BCUT2D eigenvalue weighted by molar-refractivity contribution is 7.09.